The molecule has 10 heteroatoms. The van der Waals surface area contributed by atoms with Crippen LogP contribution in [0, 0.1) is 18.2 Å². The Morgan fingerprint density at radius 2 is 2.04 bits per heavy atom. The van der Waals surface area contributed by atoms with Gasteiger partial charge in [-0.1, -0.05) is 5.92 Å². The van der Waals surface area contributed by atoms with Gasteiger partial charge in [0.15, 0.2) is 0 Å². The molecular weight excluding hydrogens is 359 g/mol. The van der Waals surface area contributed by atoms with Gasteiger partial charge in [0.05, 0.1) is 18.9 Å². The fourth-order valence-corrected chi connectivity index (χ4v) is 2.24. The Hall–Kier alpha value is -3.42. The lowest BCUT2D eigenvalue weighted by Crippen LogP contribution is -2.43. The van der Waals surface area contributed by atoms with E-state index in [1.54, 1.807) is 0 Å². The zero-order valence-electron chi connectivity index (χ0n) is 14.6. The summed E-state index contributed by atoms with van der Waals surface area (Å²) >= 11 is 0. The number of amides is 1. The number of carbonyl (C=O) groups is 1. The Kier molecular flexibility index (Phi) is 6.12. The summed E-state index contributed by atoms with van der Waals surface area (Å²) in [4.78, 5) is 41.7. The number of rotatable bonds is 6. The summed E-state index contributed by atoms with van der Waals surface area (Å²) in [6.45, 7) is -0.563. The minimum Gasteiger partial charge on any atom is -0.394 e. The van der Waals surface area contributed by atoms with Crippen molar-refractivity contribution in [2.24, 2.45) is 14.1 Å². The van der Waals surface area contributed by atoms with Gasteiger partial charge >= 0.3 is 5.69 Å². The summed E-state index contributed by atoms with van der Waals surface area (Å²) in [6, 6.07) is 3.86. The van der Waals surface area contributed by atoms with Gasteiger partial charge in [-0.15, -0.1) is 6.42 Å². The second kappa shape index (κ2) is 8.31. The predicted octanol–water partition coefficient (Wildman–Crippen LogP) is -0.398. The smallest absolute Gasteiger partial charge is 0.332 e. The zero-order chi connectivity index (χ0) is 20.1. The van der Waals surface area contributed by atoms with Crippen molar-refractivity contribution >= 4 is 17.4 Å². The lowest BCUT2D eigenvalue weighted by Gasteiger charge is -2.17. The number of aliphatic hydroxyl groups excluding tert-OH is 1. The van der Waals surface area contributed by atoms with E-state index >= 15 is 0 Å². The largest absolute Gasteiger partial charge is 0.394 e. The van der Waals surface area contributed by atoms with E-state index in [1.165, 1.54) is 26.2 Å². The molecule has 0 saturated carbocycles. The molecule has 2 rings (SSSR count). The van der Waals surface area contributed by atoms with E-state index in [-0.39, 0.29) is 24.7 Å². The van der Waals surface area contributed by atoms with Crippen LogP contribution in [0.4, 0.5) is 15.9 Å². The van der Waals surface area contributed by atoms with Gasteiger partial charge in [-0.2, -0.15) is 0 Å². The molecule has 2 aromatic rings. The van der Waals surface area contributed by atoms with Crippen molar-refractivity contribution in [3.05, 3.63) is 56.0 Å². The first-order valence-electron chi connectivity index (χ1n) is 7.68. The monoisotopic (exact) mass is 376 g/mol. The maximum atomic E-state index is 14.2. The highest BCUT2D eigenvalue weighted by atomic mass is 19.1. The summed E-state index contributed by atoms with van der Waals surface area (Å²) in [5.74, 6) is 0.337. The van der Waals surface area contributed by atoms with Crippen molar-refractivity contribution in [1.29, 1.82) is 0 Å². The molecule has 0 aliphatic heterocycles. The molecule has 1 aromatic heterocycles. The van der Waals surface area contributed by atoms with Crippen LogP contribution in [-0.2, 0) is 18.9 Å². The molecule has 0 fully saturated rings. The number of carbonyl (C=O) groups excluding carboxylic acids is 1. The van der Waals surface area contributed by atoms with E-state index < -0.39 is 28.5 Å². The lowest BCUT2D eigenvalue weighted by atomic mass is 10.2. The first-order valence-corrected chi connectivity index (χ1v) is 7.68. The number of anilines is 2. The summed E-state index contributed by atoms with van der Waals surface area (Å²) in [6.07, 6.45) is 5.21. The number of halogens is 1. The molecule has 1 amide bonds. The molecule has 0 radical (unpaired) electrons. The molecule has 0 saturated heterocycles. The third-order valence-electron chi connectivity index (χ3n) is 3.64. The average Bonchev–Trinajstić information content (AvgIpc) is 2.65. The van der Waals surface area contributed by atoms with E-state index in [0.717, 1.165) is 15.2 Å². The van der Waals surface area contributed by atoms with Crippen LogP contribution in [0.25, 0.3) is 0 Å². The summed E-state index contributed by atoms with van der Waals surface area (Å²) < 4.78 is 15.9. The average molecular weight is 376 g/mol. The topological polar surface area (TPSA) is 115 Å². The van der Waals surface area contributed by atoms with Crippen molar-refractivity contribution in [2.75, 3.05) is 18.5 Å². The first kappa shape index (κ1) is 19.9. The van der Waals surface area contributed by atoms with Crippen LogP contribution < -0.4 is 22.0 Å². The van der Waals surface area contributed by atoms with E-state index in [1.807, 2.05) is 5.48 Å². The SMILES string of the molecule is C#Cc1ccc(Nc2c(C(=O)NOCCO)c(=O)n(C)c(=O)n2C)c(F)c1. The minimum atomic E-state index is -0.970. The molecule has 0 spiro atoms. The van der Waals surface area contributed by atoms with Gasteiger partial charge in [-0.3, -0.25) is 23.6 Å². The molecule has 0 atom stereocenters. The molecule has 9 nitrogen and oxygen atoms in total. The lowest BCUT2D eigenvalue weighted by molar-refractivity contribution is 0.0167. The molecule has 1 heterocycles. The number of nitrogens with zero attached hydrogens (tertiary/aromatic N) is 2. The molecule has 3 N–H and O–H groups in total. The van der Waals surface area contributed by atoms with Crippen LogP contribution >= 0.6 is 0 Å². The fraction of sp³-hybridized carbons (Fsp3) is 0.235. The fourth-order valence-electron chi connectivity index (χ4n) is 2.24. The second-order valence-electron chi connectivity index (χ2n) is 5.40. The third-order valence-corrected chi connectivity index (χ3v) is 3.64. The van der Waals surface area contributed by atoms with Gasteiger partial charge in [-0.25, -0.2) is 14.7 Å². The number of benzene rings is 1. The quantitative estimate of drug-likeness (QED) is 0.359. The molecular formula is C17H17FN4O5. The maximum Gasteiger partial charge on any atom is 0.332 e. The summed E-state index contributed by atoms with van der Waals surface area (Å²) in [7, 11) is 2.51. The highest BCUT2D eigenvalue weighted by molar-refractivity contribution is 5.98. The molecule has 1 aromatic carbocycles. The van der Waals surface area contributed by atoms with Crippen molar-refractivity contribution in [2.45, 2.75) is 0 Å². The molecule has 142 valence electrons. The van der Waals surface area contributed by atoms with Gasteiger partial charge in [0.2, 0.25) is 0 Å². The number of hydroxylamine groups is 1. The van der Waals surface area contributed by atoms with Gasteiger partial charge in [-0.05, 0) is 18.2 Å². The van der Waals surface area contributed by atoms with Crippen LogP contribution in [0.1, 0.15) is 15.9 Å². The van der Waals surface area contributed by atoms with Crippen LogP contribution in [0.5, 0.6) is 0 Å². The zero-order valence-corrected chi connectivity index (χ0v) is 14.6. The number of hydrogen-bond donors (Lipinski definition) is 3. The van der Waals surface area contributed by atoms with Crippen molar-refractivity contribution in [3.8, 4) is 12.3 Å². The number of aliphatic hydroxyl groups is 1. The Labute approximate surface area is 153 Å². The Morgan fingerprint density at radius 1 is 1.33 bits per heavy atom. The molecule has 0 aliphatic carbocycles. The van der Waals surface area contributed by atoms with Crippen LogP contribution in [0.15, 0.2) is 27.8 Å². The maximum absolute atomic E-state index is 14.2. The highest BCUT2D eigenvalue weighted by Gasteiger charge is 2.23. The Balaban J connectivity index is 2.58. The van der Waals surface area contributed by atoms with Crippen LogP contribution in [0.3, 0.4) is 0 Å². The van der Waals surface area contributed by atoms with Gasteiger partial charge < -0.3 is 10.4 Å². The van der Waals surface area contributed by atoms with Crippen molar-refractivity contribution in [1.82, 2.24) is 14.6 Å². The summed E-state index contributed by atoms with van der Waals surface area (Å²) in [5.41, 5.74) is 0.0775. The molecule has 0 aliphatic rings. The van der Waals surface area contributed by atoms with Crippen molar-refractivity contribution < 1.29 is 19.1 Å². The predicted molar refractivity (Wildman–Crippen MR) is 95.0 cm³/mol. The molecule has 27 heavy (non-hydrogen) atoms. The van der Waals surface area contributed by atoms with E-state index in [0.29, 0.717) is 5.56 Å². The van der Waals surface area contributed by atoms with Gasteiger partial charge in [0.25, 0.3) is 11.5 Å². The Bertz CT molecular complexity index is 1040. The van der Waals surface area contributed by atoms with Gasteiger partial charge in [0, 0.05) is 19.7 Å². The van der Waals surface area contributed by atoms with Gasteiger partial charge in [0.1, 0.15) is 17.2 Å². The Morgan fingerprint density at radius 3 is 2.63 bits per heavy atom. The van der Waals surface area contributed by atoms with Crippen LogP contribution in [0.2, 0.25) is 0 Å². The third kappa shape index (κ3) is 4.05. The minimum absolute atomic E-state index is 0.0948. The number of nitrogens with one attached hydrogen (secondary N) is 2. The number of aromatic nitrogens is 2. The van der Waals surface area contributed by atoms with Crippen LogP contribution in [-0.4, -0.2) is 33.4 Å². The normalized spacial score (nSPS) is 10.3. The number of terminal acetylenes is 1. The van der Waals surface area contributed by atoms with E-state index in [4.69, 9.17) is 16.4 Å². The van der Waals surface area contributed by atoms with Crippen molar-refractivity contribution in [3.63, 3.8) is 0 Å². The van der Waals surface area contributed by atoms with E-state index in [2.05, 4.69) is 11.2 Å². The standard InChI is InChI=1S/C17H17FN4O5/c1-4-10-5-6-12(11(18)9-10)19-14-13(15(24)20-27-8-7-23)16(25)22(3)17(26)21(14)2/h1,5-6,9,19,23H,7-8H2,2-3H3,(H,20,24). The first-order chi connectivity index (χ1) is 12.8. The molecule has 0 bridgehead atoms. The highest BCUT2D eigenvalue weighted by Crippen LogP contribution is 2.21. The van der Waals surface area contributed by atoms with E-state index in [9.17, 15) is 18.8 Å². The second-order valence-corrected chi connectivity index (χ2v) is 5.40. The number of hydrogen-bond acceptors (Lipinski definition) is 6. The molecule has 0 unspecified atom stereocenters. The summed E-state index contributed by atoms with van der Waals surface area (Å²) in [5, 5.41) is 11.3.